The van der Waals surface area contributed by atoms with E-state index in [0.29, 0.717) is 34.8 Å². The molecule has 9 heteroatoms. The first kappa shape index (κ1) is 18.3. The van der Waals surface area contributed by atoms with Crippen molar-refractivity contribution in [1.29, 1.82) is 0 Å². The van der Waals surface area contributed by atoms with Crippen LogP contribution in [-0.2, 0) is 11.4 Å². The second kappa shape index (κ2) is 8.30. The van der Waals surface area contributed by atoms with Gasteiger partial charge >= 0.3 is 0 Å². The number of para-hydroxylation sites is 1. The minimum Gasteiger partial charge on any atom is -0.486 e. The van der Waals surface area contributed by atoms with Gasteiger partial charge in [-0.15, -0.1) is 10.2 Å². The molecule has 0 radical (unpaired) electrons. The van der Waals surface area contributed by atoms with E-state index in [0.717, 1.165) is 0 Å². The van der Waals surface area contributed by atoms with Gasteiger partial charge in [-0.3, -0.25) is 4.79 Å². The maximum absolute atomic E-state index is 13.0. The summed E-state index contributed by atoms with van der Waals surface area (Å²) in [5, 5.41) is 10.5. The summed E-state index contributed by atoms with van der Waals surface area (Å²) in [6.45, 7) is 0.517. The lowest BCUT2D eigenvalue weighted by molar-refractivity contribution is -0.122. The number of halogens is 1. The molecule has 0 spiro atoms. The molecule has 0 unspecified atom stereocenters. The zero-order valence-electron chi connectivity index (χ0n) is 14.8. The van der Waals surface area contributed by atoms with Crippen molar-refractivity contribution >= 4 is 17.7 Å². The first-order valence-electron chi connectivity index (χ1n) is 8.64. The van der Waals surface area contributed by atoms with Gasteiger partial charge in [0.15, 0.2) is 12.4 Å². The van der Waals surface area contributed by atoms with E-state index in [1.165, 1.54) is 36.0 Å². The Morgan fingerprint density at radius 3 is 2.57 bits per heavy atom. The smallest absolute Gasteiger partial charge is 0.279 e. The van der Waals surface area contributed by atoms with Crippen LogP contribution in [0.4, 0.5) is 4.39 Å². The number of nitrogens with zero attached hydrogens (tertiary/aromatic N) is 4. The first-order chi connectivity index (χ1) is 13.7. The number of benzene rings is 2. The molecular formula is C19H17FN4O3S. The molecule has 1 aliphatic heterocycles. The molecule has 1 amide bonds. The van der Waals surface area contributed by atoms with Gasteiger partial charge in [-0.25, -0.2) is 14.1 Å². The van der Waals surface area contributed by atoms with E-state index in [1.807, 2.05) is 18.2 Å². The van der Waals surface area contributed by atoms with Crippen LogP contribution >= 0.6 is 11.8 Å². The highest BCUT2D eigenvalue weighted by atomic mass is 32.2. The fourth-order valence-corrected chi connectivity index (χ4v) is 3.56. The van der Waals surface area contributed by atoms with Gasteiger partial charge in [-0.05, 0) is 36.4 Å². The molecule has 0 aliphatic carbocycles. The van der Waals surface area contributed by atoms with Gasteiger partial charge in [0.2, 0.25) is 5.16 Å². The highest BCUT2D eigenvalue weighted by Gasteiger charge is 2.27. The van der Waals surface area contributed by atoms with E-state index in [9.17, 15) is 9.18 Å². The highest BCUT2D eigenvalue weighted by molar-refractivity contribution is 7.99. The van der Waals surface area contributed by atoms with E-state index in [-0.39, 0.29) is 24.9 Å². The number of fused-ring (bicyclic) bond motifs is 1. The number of amides is 1. The second-order valence-corrected chi connectivity index (χ2v) is 6.98. The summed E-state index contributed by atoms with van der Waals surface area (Å²) >= 11 is 1.52. The Morgan fingerprint density at radius 2 is 1.79 bits per heavy atom. The lowest BCUT2D eigenvalue weighted by Gasteiger charge is -2.29. The van der Waals surface area contributed by atoms with Crippen molar-refractivity contribution in [2.24, 2.45) is 0 Å². The normalized spacial score (nSPS) is 13.1. The van der Waals surface area contributed by atoms with Gasteiger partial charge in [-0.1, -0.05) is 30.0 Å². The third-order valence-electron chi connectivity index (χ3n) is 4.03. The maximum atomic E-state index is 13.0. The van der Waals surface area contributed by atoms with Crippen LogP contribution in [0.1, 0.15) is 5.82 Å². The lowest BCUT2D eigenvalue weighted by Crippen LogP contribution is -2.47. The predicted octanol–water partition coefficient (Wildman–Crippen LogP) is 2.65. The SMILES string of the molecule is O=C(COc1ccccc1)N1CCSc2nnc(COc3ccc(F)cc3)n21. The molecule has 1 aromatic heterocycles. The minimum atomic E-state index is -0.334. The third kappa shape index (κ3) is 4.09. The number of hydrogen-bond donors (Lipinski definition) is 0. The van der Waals surface area contributed by atoms with Gasteiger partial charge in [0.25, 0.3) is 5.91 Å². The van der Waals surface area contributed by atoms with Crippen molar-refractivity contribution in [3.05, 3.63) is 66.2 Å². The molecule has 2 heterocycles. The molecule has 3 aromatic rings. The number of carbonyl (C=O) groups is 1. The van der Waals surface area contributed by atoms with Crippen LogP contribution in [0.25, 0.3) is 0 Å². The molecule has 0 bridgehead atoms. The van der Waals surface area contributed by atoms with Crippen molar-refractivity contribution in [2.75, 3.05) is 23.9 Å². The number of carbonyl (C=O) groups excluding carboxylic acids is 1. The number of hydrogen-bond acceptors (Lipinski definition) is 6. The Hall–Kier alpha value is -3.07. The van der Waals surface area contributed by atoms with Crippen molar-refractivity contribution in [2.45, 2.75) is 11.8 Å². The molecule has 0 fully saturated rings. The molecule has 7 nitrogen and oxygen atoms in total. The van der Waals surface area contributed by atoms with Gasteiger partial charge < -0.3 is 9.47 Å². The van der Waals surface area contributed by atoms with Crippen molar-refractivity contribution in [3.63, 3.8) is 0 Å². The summed E-state index contributed by atoms with van der Waals surface area (Å²) in [5.74, 6) is 1.80. The first-order valence-corrected chi connectivity index (χ1v) is 9.63. The maximum Gasteiger partial charge on any atom is 0.279 e. The van der Waals surface area contributed by atoms with Crippen LogP contribution in [0.3, 0.4) is 0 Å². The van der Waals surface area contributed by atoms with E-state index in [2.05, 4.69) is 10.2 Å². The largest absolute Gasteiger partial charge is 0.486 e. The summed E-state index contributed by atoms with van der Waals surface area (Å²) in [5.41, 5.74) is 0. The van der Waals surface area contributed by atoms with E-state index < -0.39 is 0 Å². The topological polar surface area (TPSA) is 69.5 Å². The Balaban J connectivity index is 1.46. The van der Waals surface area contributed by atoms with E-state index in [1.54, 1.807) is 21.8 Å². The van der Waals surface area contributed by atoms with Gasteiger partial charge in [-0.2, -0.15) is 0 Å². The van der Waals surface area contributed by atoms with Crippen LogP contribution < -0.4 is 14.5 Å². The molecule has 1 aliphatic rings. The molecule has 0 saturated carbocycles. The minimum absolute atomic E-state index is 0.0927. The zero-order chi connectivity index (χ0) is 19.3. The molecule has 0 saturated heterocycles. The lowest BCUT2D eigenvalue weighted by atomic mass is 10.3. The van der Waals surface area contributed by atoms with Crippen LogP contribution in [-0.4, -0.2) is 39.7 Å². The quantitative estimate of drug-likeness (QED) is 0.634. The average Bonchev–Trinajstić information content (AvgIpc) is 3.15. The molecule has 0 atom stereocenters. The fourth-order valence-electron chi connectivity index (χ4n) is 2.69. The Kier molecular flexibility index (Phi) is 5.43. The standard InChI is InChI=1S/C19H17FN4O3S/c20-14-6-8-16(9-7-14)26-12-17-21-22-19-24(17)23(10-11-28-19)18(25)13-27-15-4-2-1-3-5-15/h1-9H,10-13H2. The van der Waals surface area contributed by atoms with E-state index in [4.69, 9.17) is 9.47 Å². The molecule has 4 rings (SSSR count). The Bertz CT molecular complexity index is 950. The van der Waals surface area contributed by atoms with Gasteiger partial charge in [0, 0.05) is 5.75 Å². The van der Waals surface area contributed by atoms with Crippen molar-refractivity contribution in [1.82, 2.24) is 14.9 Å². The molecule has 28 heavy (non-hydrogen) atoms. The second-order valence-electron chi connectivity index (χ2n) is 5.92. The number of thioether (sulfide) groups is 1. The summed E-state index contributed by atoms with van der Waals surface area (Å²) in [6.07, 6.45) is 0. The zero-order valence-corrected chi connectivity index (χ0v) is 15.6. The average molecular weight is 400 g/mol. The van der Waals surface area contributed by atoms with Crippen LogP contribution in [0.5, 0.6) is 11.5 Å². The highest BCUT2D eigenvalue weighted by Crippen LogP contribution is 2.23. The van der Waals surface area contributed by atoms with Gasteiger partial charge in [0.1, 0.15) is 23.9 Å². The molecule has 144 valence electrons. The third-order valence-corrected chi connectivity index (χ3v) is 4.93. The molecular weight excluding hydrogens is 383 g/mol. The summed E-state index contributed by atoms with van der Waals surface area (Å²) in [4.78, 5) is 12.7. The number of aromatic nitrogens is 3. The van der Waals surface area contributed by atoms with Crippen molar-refractivity contribution in [3.8, 4) is 11.5 Å². The van der Waals surface area contributed by atoms with Crippen LogP contribution in [0.2, 0.25) is 0 Å². The number of rotatable bonds is 6. The molecule has 0 N–H and O–H groups in total. The fraction of sp³-hybridized carbons (Fsp3) is 0.211. The predicted molar refractivity (Wildman–Crippen MR) is 102 cm³/mol. The van der Waals surface area contributed by atoms with Crippen LogP contribution in [0, 0.1) is 5.82 Å². The Morgan fingerprint density at radius 1 is 1.04 bits per heavy atom. The van der Waals surface area contributed by atoms with Crippen molar-refractivity contribution < 1.29 is 18.7 Å². The summed E-state index contributed by atoms with van der Waals surface area (Å²) in [6, 6.07) is 14.9. The van der Waals surface area contributed by atoms with Crippen LogP contribution in [0.15, 0.2) is 59.8 Å². The molecule has 2 aromatic carbocycles. The summed E-state index contributed by atoms with van der Waals surface area (Å²) in [7, 11) is 0. The van der Waals surface area contributed by atoms with Gasteiger partial charge in [0.05, 0.1) is 6.54 Å². The summed E-state index contributed by atoms with van der Waals surface area (Å²) < 4.78 is 25.9. The Labute approximate surface area is 165 Å². The number of ether oxygens (including phenoxy) is 2. The monoisotopic (exact) mass is 400 g/mol. The van der Waals surface area contributed by atoms with E-state index >= 15 is 0 Å².